The van der Waals surface area contributed by atoms with Crippen molar-refractivity contribution in [3.63, 3.8) is 0 Å². The first-order valence-electron chi connectivity index (χ1n) is 15.8. The van der Waals surface area contributed by atoms with Gasteiger partial charge in [-0.05, 0) is 59.4 Å². The number of rotatable bonds is 16. The van der Waals surface area contributed by atoms with Crippen LogP contribution < -0.4 is 15.8 Å². The molecule has 2 aromatic carbocycles. The number of ether oxygens (including phenoxy) is 1. The van der Waals surface area contributed by atoms with Gasteiger partial charge in [-0.25, -0.2) is 0 Å². The molecule has 2 atom stereocenters. The molecule has 3 amide bonds. The maximum absolute atomic E-state index is 16.1. The van der Waals surface area contributed by atoms with Crippen LogP contribution in [0.2, 0.25) is 0 Å². The number of alkyl halides is 2. The lowest BCUT2D eigenvalue weighted by molar-refractivity contribution is -0.171. The highest BCUT2D eigenvalue weighted by molar-refractivity contribution is 6.14. The molecular weight excluding hydrogens is 632 g/mol. The number of nitrogens with one attached hydrogen (secondary N) is 1. The molecule has 0 aliphatic carbocycles. The lowest BCUT2D eigenvalue weighted by Crippen LogP contribution is -2.59. The van der Waals surface area contributed by atoms with Gasteiger partial charge in [0.15, 0.2) is 0 Å². The third kappa shape index (κ3) is 10.3. The topological polar surface area (TPSA) is 145 Å². The zero-order valence-electron chi connectivity index (χ0n) is 27.3. The van der Waals surface area contributed by atoms with Crippen LogP contribution >= 0.6 is 0 Å². The van der Waals surface area contributed by atoms with E-state index in [9.17, 15) is 19.2 Å². The molecule has 2 heterocycles. The first-order chi connectivity index (χ1) is 23.5. The van der Waals surface area contributed by atoms with E-state index in [2.05, 4.69) is 15.3 Å². The average Bonchev–Trinajstić information content (AvgIpc) is 3.12. The molecule has 0 saturated heterocycles. The number of nitrogens with zero attached hydrogens (tertiary/aromatic N) is 3. The fraction of sp³-hybridized carbons (Fsp3) is 0.297. The average molecular weight is 672 g/mol. The van der Waals surface area contributed by atoms with Crippen LogP contribution in [0.15, 0.2) is 104 Å². The van der Waals surface area contributed by atoms with E-state index in [1.807, 2.05) is 6.07 Å². The number of halogens is 2. The maximum atomic E-state index is 16.1. The Morgan fingerprint density at radius 1 is 0.878 bits per heavy atom. The van der Waals surface area contributed by atoms with Crippen molar-refractivity contribution in [1.82, 2.24) is 20.2 Å². The first-order valence-corrected chi connectivity index (χ1v) is 15.8. The SMILES string of the molecule is CC(C)[C@H](N)C(=O)NC(Cc1ccc(OCc2ccccn2)cc1)C(=O)C(F)(F)C(=O)N(Cc1ccccc1)C(=O)CCc1cccnc1. The molecule has 49 heavy (non-hydrogen) atoms. The zero-order valence-corrected chi connectivity index (χ0v) is 27.3. The highest BCUT2D eigenvalue weighted by Gasteiger charge is 2.53. The highest BCUT2D eigenvalue weighted by Crippen LogP contribution is 2.25. The summed E-state index contributed by atoms with van der Waals surface area (Å²) in [7, 11) is 0. The standard InChI is InChI=1S/C37H39F2N5O5/c1-25(2)33(40)35(47)43-31(21-26-13-16-30(17-14-26)49-24-29-12-6-7-20-42-29)34(46)37(38,39)36(48)44(23-28-9-4-3-5-10-28)32(45)18-15-27-11-8-19-41-22-27/h3-14,16-17,19-20,22,25,31,33H,15,18,21,23-24,40H2,1-2H3,(H,43,47)/t31?,33-/m0/s1. The number of hydrogen-bond acceptors (Lipinski definition) is 8. The van der Waals surface area contributed by atoms with Crippen LogP contribution in [0.3, 0.4) is 0 Å². The number of pyridine rings is 2. The van der Waals surface area contributed by atoms with Gasteiger partial charge in [0.1, 0.15) is 12.4 Å². The Bertz CT molecular complexity index is 1690. The van der Waals surface area contributed by atoms with Crippen molar-refractivity contribution in [3.8, 4) is 5.75 Å². The van der Waals surface area contributed by atoms with E-state index in [1.165, 1.54) is 6.20 Å². The van der Waals surface area contributed by atoms with Gasteiger partial charge in [0.25, 0.3) is 0 Å². The molecule has 4 rings (SSSR count). The second-order valence-electron chi connectivity index (χ2n) is 11.9. The van der Waals surface area contributed by atoms with Crippen molar-refractivity contribution in [3.05, 3.63) is 126 Å². The number of benzene rings is 2. The summed E-state index contributed by atoms with van der Waals surface area (Å²) in [6.07, 6.45) is 4.19. The molecule has 0 aliphatic rings. The fourth-order valence-electron chi connectivity index (χ4n) is 4.84. The Balaban J connectivity index is 1.56. The van der Waals surface area contributed by atoms with Crippen molar-refractivity contribution >= 4 is 23.5 Å². The molecule has 1 unspecified atom stereocenters. The van der Waals surface area contributed by atoms with Crippen LogP contribution in [0, 0.1) is 5.92 Å². The van der Waals surface area contributed by atoms with Gasteiger partial charge in [0.2, 0.25) is 17.6 Å². The Hall–Kier alpha value is -5.36. The predicted octanol–water partition coefficient (Wildman–Crippen LogP) is 4.46. The number of ketones is 1. The van der Waals surface area contributed by atoms with Crippen molar-refractivity contribution in [2.45, 2.75) is 64.3 Å². The molecule has 12 heteroatoms. The number of carbonyl (C=O) groups excluding carboxylic acids is 4. The molecule has 0 radical (unpaired) electrons. The van der Waals surface area contributed by atoms with E-state index in [0.717, 1.165) is 0 Å². The monoisotopic (exact) mass is 671 g/mol. The van der Waals surface area contributed by atoms with Crippen molar-refractivity contribution in [1.29, 1.82) is 0 Å². The third-order valence-electron chi connectivity index (χ3n) is 7.79. The molecule has 0 saturated carbocycles. The molecule has 4 aromatic rings. The minimum atomic E-state index is -4.68. The van der Waals surface area contributed by atoms with Crippen LogP contribution in [0.4, 0.5) is 8.78 Å². The summed E-state index contributed by atoms with van der Waals surface area (Å²) < 4.78 is 37.9. The van der Waals surface area contributed by atoms with Crippen LogP contribution in [0.5, 0.6) is 5.75 Å². The minimum absolute atomic E-state index is 0.137. The molecular formula is C37H39F2N5O5. The molecule has 2 aromatic heterocycles. The summed E-state index contributed by atoms with van der Waals surface area (Å²) in [5, 5.41) is 2.34. The number of amides is 3. The Kier molecular flexibility index (Phi) is 12.8. The van der Waals surface area contributed by atoms with Gasteiger partial charge in [0, 0.05) is 31.4 Å². The van der Waals surface area contributed by atoms with E-state index in [-0.39, 0.29) is 31.8 Å². The quantitative estimate of drug-likeness (QED) is 0.166. The Labute approximate surface area is 283 Å². The normalized spacial score (nSPS) is 12.5. The Morgan fingerprint density at radius 2 is 1.57 bits per heavy atom. The van der Waals surface area contributed by atoms with Crippen molar-refractivity contribution in [2.75, 3.05) is 0 Å². The second kappa shape index (κ2) is 17.2. The second-order valence-corrected chi connectivity index (χ2v) is 11.9. The van der Waals surface area contributed by atoms with Crippen LogP contribution in [0.25, 0.3) is 0 Å². The van der Waals surface area contributed by atoms with Crippen LogP contribution in [0.1, 0.15) is 42.7 Å². The number of hydrogen-bond donors (Lipinski definition) is 2. The number of aryl methyl sites for hydroxylation is 1. The number of aromatic nitrogens is 2. The Morgan fingerprint density at radius 3 is 2.20 bits per heavy atom. The van der Waals surface area contributed by atoms with E-state index >= 15 is 8.78 Å². The van der Waals surface area contributed by atoms with Gasteiger partial charge in [0.05, 0.1) is 24.3 Å². The lowest BCUT2D eigenvalue weighted by Gasteiger charge is -2.28. The molecule has 0 fully saturated rings. The summed E-state index contributed by atoms with van der Waals surface area (Å²) in [5.74, 6) is -10.2. The van der Waals surface area contributed by atoms with Crippen molar-refractivity contribution in [2.24, 2.45) is 11.7 Å². The first kappa shape index (κ1) is 36.5. The summed E-state index contributed by atoms with van der Waals surface area (Å²) in [5.41, 5.74) is 8.15. The fourth-order valence-corrected chi connectivity index (χ4v) is 4.84. The number of imide groups is 1. The van der Waals surface area contributed by atoms with Gasteiger partial charge < -0.3 is 15.8 Å². The summed E-state index contributed by atoms with van der Waals surface area (Å²) in [6, 6.07) is 20.3. The van der Waals surface area contributed by atoms with Gasteiger partial charge in [-0.15, -0.1) is 0 Å². The predicted molar refractivity (Wildman–Crippen MR) is 178 cm³/mol. The number of Topliss-reactive ketones (excluding diaryl/α,β-unsaturated/α-hetero) is 1. The van der Waals surface area contributed by atoms with E-state index < -0.39 is 48.1 Å². The van der Waals surface area contributed by atoms with Crippen LogP contribution in [-0.2, 0) is 45.2 Å². The molecule has 0 bridgehead atoms. The smallest absolute Gasteiger partial charge is 0.384 e. The summed E-state index contributed by atoms with van der Waals surface area (Å²) in [4.78, 5) is 62.0. The number of carbonyl (C=O) groups is 4. The summed E-state index contributed by atoms with van der Waals surface area (Å²) >= 11 is 0. The molecule has 3 N–H and O–H groups in total. The lowest BCUT2D eigenvalue weighted by atomic mass is 9.96. The van der Waals surface area contributed by atoms with E-state index in [4.69, 9.17) is 10.5 Å². The van der Waals surface area contributed by atoms with Gasteiger partial charge >= 0.3 is 11.8 Å². The molecule has 0 aliphatic heterocycles. The van der Waals surface area contributed by atoms with Crippen molar-refractivity contribution < 1.29 is 32.7 Å². The molecule has 256 valence electrons. The molecule has 10 nitrogen and oxygen atoms in total. The maximum Gasteiger partial charge on any atom is 0.384 e. The van der Waals surface area contributed by atoms with Gasteiger partial charge in [-0.1, -0.05) is 68.4 Å². The van der Waals surface area contributed by atoms with Gasteiger partial charge in [-0.2, -0.15) is 8.78 Å². The number of nitrogens with two attached hydrogens (primary N) is 1. The van der Waals surface area contributed by atoms with E-state index in [0.29, 0.717) is 33.0 Å². The highest BCUT2D eigenvalue weighted by atomic mass is 19.3. The molecule has 0 spiro atoms. The zero-order chi connectivity index (χ0) is 35.4. The van der Waals surface area contributed by atoms with Crippen LogP contribution in [-0.4, -0.2) is 56.4 Å². The largest absolute Gasteiger partial charge is 0.487 e. The third-order valence-corrected chi connectivity index (χ3v) is 7.79. The van der Waals surface area contributed by atoms with Gasteiger partial charge in [-0.3, -0.25) is 34.0 Å². The summed E-state index contributed by atoms with van der Waals surface area (Å²) in [6.45, 7) is 3.05. The van der Waals surface area contributed by atoms with E-state index in [1.54, 1.807) is 105 Å². The minimum Gasteiger partial charge on any atom is -0.487 e.